The van der Waals surface area contributed by atoms with Crippen molar-refractivity contribution in [1.29, 1.82) is 5.26 Å². The first-order valence-corrected chi connectivity index (χ1v) is 8.28. The van der Waals surface area contributed by atoms with Crippen molar-refractivity contribution in [2.24, 2.45) is 10.9 Å². The van der Waals surface area contributed by atoms with Crippen molar-refractivity contribution in [3.63, 3.8) is 0 Å². The number of carbonyl (C=O) groups excluding carboxylic acids is 1. The van der Waals surface area contributed by atoms with E-state index in [0.717, 1.165) is 19.6 Å². The SMILES string of the molecule is CCOC(=O)[C@@H](C#N)C=NC[C@H]1C[NH+](Cc2ccccc2)CCO1. The van der Waals surface area contributed by atoms with Crippen molar-refractivity contribution in [2.45, 2.75) is 19.6 Å². The number of esters is 1. The number of morpholine rings is 1. The van der Waals surface area contributed by atoms with Crippen LogP contribution in [0.25, 0.3) is 0 Å². The average molecular weight is 330 g/mol. The van der Waals surface area contributed by atoms with Crippen molar-refractivity contribution in [2.75, 3.05) is 32.8 Å². The minimum atomic E-state index is -0.943. The van der Waals surface area contributed by atoms with E-state index in [9.17, 15) is 4.79 Å². The molecule has 6 nitrogen and oxygen atoms in total. The maximum Gasteiger partial charge on any atom is 0.328 e. The molecule has 0 bridgehead atoms. The largest absolute Gasteiger partial charge is 0.465 e. The standard InChI is InChI=1S/C18H23N3O3/c1-2-23-18(22)16(10-19)11-20-12-17-14-21(8-9-24-17)13-15-6-4-3-5-7-15/h3-7,11,16-17H,2,8-9,12-14H2,1H3/p+1/t16-,17-/m0/s1. The van der Waals surface area contributed by atoms with Crippen molar-refractivity contribution < 1.29 is 19.2 Å². The zero-order chi connectivity index (χ0) is 17.2. The summed E-state index contributed by atoms with van der Waals surface area (Å²) in [4.78, 5) is 17.2. The van der Waals surface area contributed by atoms with Crippen LogP contribution in [0.15, 0.2) is 35.3 Å². The molecule has 1 aliphatic heterocycles. The zero-order valence-electron chi connectivity index (χ0n) is 14.0. The van der Waals surface area contributed by atoms with Crippen LogP contribution in [0.5, 0.6) is 0 Å². The van der Waals surface area contributed by atoms with E-state index in [2.05, 4.69) is 29.3 Å². The third-order valence-corrected chi connectivity index (χ3v) is 3.87. The number of nitrogens with zero attached hydrogens (tertiary/aromatic N) is 2. The van der Waals surface area contributed by atoms with Crippen LogP contribution in [-0.2, 0) is 20.8 Å². The maximum absolute atomic E-state index is 11.5. The summed E-state index contributed by atoms with van der Waals surface area (Å²) >= 11 is 0. The fourth-order valence-corrected chi connectivity index (χ4v) is 2.68. The second-order valence-corrected chi connectivity index (χ2v) is 5.73. The van der Waals surface area contributed by atoms with Gasteiger partial charge >= 0.3 is 5.97 Å². The molecule has 1 fully saturated rings. The first-order valence-electron chi connectivity index (χ1n) is 8.28. The van der Waals surface area contributed by atoms with Crippen LogP contribution in [-0.4, -0.2) is 51.1 Å². The number of nitriles is 1. The van der Waals surface area contributed by atoms with Gasteiger partial charge in [0.25, 0.3) is 0 Å². The van der Waals surface area contributed by atoms with Crippen LogP contribution in [0.2, 0.25) is 0 Å². The van der Waals surface area contributed by atoms with Crippen LogP contribution in [0, 0.1) is 17.2 Å². The van der Waals surface area contributed by atoms with Gasteiger partial charge in [-0.2, -0.15) is 5.26 Å². The van der Waals surface area contributed by atoms with Gasteiger partial charge < -0.3 is 14.4 Å². The maximum atomic E-state index is 11.5. The van der Waals surface area contributed by atoms with Crippen LogP contribution < -0.4 is 4.90 Å². The predicted octanol–water partition coefficient (Wildman–Crippen LogP) is 0.244. The van der Waals surface area contributed by atoms with Crippen molar-refractivity contribution >= 4 is 12.2 Å². The Morgan fingerprint density at radius 3 is 3.04 bits per heavy atom. The molecule has 1 unspecified atom stereocenters. The Balaban J connectivity index is 1.81. The molecule has 3 atom stereocenters. The number of ether oxygens (including phenoxy) is 2. The van der Waals surface area contributed by atoms with Gasteiger partial charge in [0.2, 0.25) is 0 Å². The van der Waals surface area contributed by atoms with E-state index in [-0.39, 0.29) is 12.7 Å². The summed E-state index contributed by atoms with van der Waals surface area (Å²) in [5.74, 6) is -1.49. The second kappa shape index (κ2) is 9.81. The number of hydrogen-bond acceptors (Lipinski definition) is 5. The van der Waals surface area contributed by atoms with Crippen molar-refractivity contribution in [1.82, 2.24) is 0 Å². The Hall–Kier alpha value is -2.23. The lowest BCUT2D eigenvalue weighted by atomic mass is 10.2. The molecule has 0 spiro atoms. The lowest BCUT2D eigenvalue weighted by Gasteiger charge is -2.29. The van der Waals surface area contributed by atoms with Crippen LogP contribution in [0.4, 0.5) is 0 Å². The molecule has 1 saturated heterocycles. The van der Waals surface area contributed by atoms with Gasteiger partial charge in [-0.05, 0) is 6.92 Å². The summed E-state index contributed by atoms with van der Waals surface area (Å²) in [7, 11) is 0. The molecule has 0 aromatic heterocycles. The molecule has 0 aliphatic carbocycles. The molecule has 1 aliphatic rings. The molecule has 1 aromatic rings. The summed E-state index contributed by atoms with van der Waals surface area (Å²) < 4.78 is 10.6. The molecule has 24 heavy (non-hydrogen) atoms. The van der Waals surface area contributed by atoms with Crippen LogP contribution in [0.1, 0.15) is 12.5 Å². The third kappa shape index (κ3) is 5.76. The van der Waals surface area contributed by atoms with Crippen LogP contribution in [0.3, 0.4) is 0 Å². The first-order chi connectivity index (χ1) is 11.7. The van der Waals surface area contributed by atoms with Gasteiger partial charge in [-0.15, -0.1) is 0 Å². The highest BCUT2D eigenvalue weighted by atomic mass is 16.5. The summed E-state index contributed by atoms with van der Waals surface area (Å²) in [6.45, 7) is 5.92. The summed E-state index contributed by atoms with van der Waals surface area (Å²) in [5, 5.41) is 8.99. The molecule has 2 rings (SSSR count). The highest BCUT2D eigenvalue weighted by molar-refractivity contribution is 5.92. The molecular formula is C18H24N3O3+. The average Bonchev–Trinajstić information content (AvgIpc) is 2.60. The lowest BCUT2D eigenvalue weighted by molar-refractivity contribution is -0.924. The minimum Gasteiger partial charge on any atom is -0.465 e. The van der Waals surface area contributed by atoms with Gasteiger partial charge in [0.1, 0.15) is 25.7 Å². The van der Waals surface area contributed by atoms with E-state index in [4.69, 9.17) is 14.7 Å². The number of carbonyl (C=O) groups is 1. The van der Waals surface area contributed by atoms with E-state index in [1.165, 1.54) is 16.7 Å². The molecular weight excluding hydrogens is 306 g/mol. The molecule has 1 heterocycles. The smallest absolute Gasteiger partial charge is 0.328 e. The Morgan fingerprint density at radius 2 is 2.33 bits per heavy atom. The van der Waals surface area contributed by atoms with E-state index in [1.54, 1.807) is 6.92 Å². The Morgan fingerprint density at radius 1 is 1.54 bits per heavy atom. The summed E-state index contributed by atoms with van der Waals surface area (Å²) in [6.07, 6.45) is 1.38. The number of aliphatic imine (C=N–C) groups is 1. The third-order valence-electron chi connectivity index (χ3n) is 3.87. The quantitative estimate of drug-likeness (QED) is 0.574. The van der Waals surface area contributed by atoms with E-state index < -0.39 is 11.9 Å². The second-order valence-electron chi connectivity index (χ2n) is 5.73. The van der Waals surface area contributed by atoms with Crippen molar-refractivity contribution in [3.05, 3.63) is 35.9 Å². The molecule has 0 radical (unpaired) electrons. The molecule has 1 aromatic carbocycles. The van der Waals surface area contributed by atoms with E-state index in [0.29, 0.717) is 13.2 Å². The summed E-state index contributed by atoms with van der Waals surface area (Å²) in [5.41, 5.74) is 1.31. The number of benzene rings is 1. The fourth-order valence-electron chi connectivity index (χ4n) is 2.68. The topological polar surface area (TPSA) is 76.1 Å². The van der Waals surface area contributed by atoms with E-state index in [1.807, 2.05) is 12.1 Å². The molecule has 0 amide bonds. The number of nitrogens with one attached hydrogen (secondary N) is 1. The highest BCUT2D eigenvalue weighted by Gasteiger charge is 2.24. The Labute approximate surface area is 142 Å². The first kappa shape index (κ1) is 18.1. The molecule has 128 valence electrons. The zero-order valence-corrected chi connectivity index (χ0v) is 14.0. The van der Waals surface area contributed by atoms with Crippen LogP contribution >= 0.6 is 0 Å². The van der Waals surface area contributed by atoms with Gasteiger partial charge in [0.05, 0.1) is 25.8 Å². The lowest BCUT2D eigenvalue weighted by Crippen LogP contribution is -3.13. The van der Waals surface area contributed by atoms with Gasteiger partial charge in [0, 0.05) is 11.8 Å². The Kier molecular flexibility index (Phi) is 7.40. The van der Waals surface area contributed by atoms with Gasteiger partial charge in [-0.3, -0.25) is 9.79 Å². The van der Waals surface area contributed by atoms with Gasteiger partial charge in [0.15, 0.2) is 5.92 Å². The predicted molar refractivity (Wildman–Crippen MR) is 89.7 cm³/mol. The molecule has 1 N–H and O–H groups in total. The van der Waals surface area contributed by atoms with Crippen molar-refractivity contribution in [3.8, 4) is 6.07 Å². The van der Waals surface area contributed by atoms with Gasteiger partial charge in [-0.25, -0.2) is 0 Å². The fraction of sp³-hybridized carbons (Fsp3) is 0.500. The highest BCUT2D eigenvalue weighted by Crippen LogP contribution is 2.00. The number of hydrogen-bond donors (Lipinski definition) is 1. The molecule has 0 saturated carbocycles. The summed E-state index contributed by atoms with van der Waals surface area (Å²) in [6, 6.07) is 12.3. The normalized spacial score (nSPS) is 22.0. The number of rotatable bonds is 7. The Bertz CT molecular complexity index is 583. The molecule has 6 heteroatoms. The monoisotopic (exact) mass is 330 g/mol. The van der Waals surface area contributed by atoms with Gasteiger partial charge in [-0.1, -0.05) is 30.3 Å². The minimum absolute atomic E-state index is 0.00949. The number of quaternary nitrogens is 1. The van der Waals surface area contributed by atoms with E-state index >= 15 is 0 Å².